The van der Waals surface area contributed by atoms with Gasteiger partial charge in [0.05, 0.1) is 5.41 Å². The number of rotatable bonds is 4. The second-order valence-corrected chi connectivity index (χ2v) is 15.5. The highest BCUT2D eigenvalue weighted by Gasteiger charge is 2.49. The van der Waals surface area contributed by atoms with Crippen molar-refractivity contribution in [2.75, 3.05) is 0 Å². The molecule has 0 amide bonds. The van der Waals surface area contributed by atoms with Crippen LogP contribution < -0.4 is 0 Å². The molecule has 0 saturated heterocycles. The highest BCUT2D eigenvalue weighted by Crippen LogP contribution is 2.60. The van der Waals surface area contributed by atoms with E-state index in [9.17, 15) is 0 Å². The predicted molar refractivity (Wildman–Crippen MR) is 179 cm³/mol. The van der Waals surface area contributed by atoms with E-state index in [4.69, 9.17) is 0 Å². The molecule has 0 heterocycles. The van der Waals surface area contributed by atoms with Gasteiger partial charge in [-0.25, -0.2) is 0 Å². The second-order valence-electron chi connectivity index (χ2n) is 15.5. The number of aryl methyl sites for hydroxylation is 4. The fraction of sp³-hybridized carbons (Fsp3) is 0.442. The molecule has 9 rings (SSSR count). The number of hydrogen-bond acceptors (Lipinski definition) is 0. The Balaban J connectivity index is 1.36. The van der Waals surface area contributed by atoms with Crippen molar-refractivity contribution in [3.05, 3.63) is 128 Å². The van der Waals surface area contributed by atoms with E-state index in [-0.39, 0.29) is 5.41 Å². The topological polar surface area (TPSA) is 0 Å². The zero-order chi connectivity index (χ0) is 29.0. The minimum Gasteiger partial charge on any atom is -0.0587 e. The van der Waals surface area contributed by atoms with E-state index in [1.807, 2.05) is 0 Å². The lowest BCUT2D eigenvalue weighted by Crippen LogP contribution is -2.30. The SMILES string of the molecule is Cc1cc(C2C3CCC2CC3)cc(C2(c3cc(C)cc(C4C5CCC4CC5)c3)c3cc(C)ccc3-c3ccc(C)cc32)c1. The van der Waals surface area contributed by atoms with Crippen molar-refractivity contribution in [2.45, 2.75) is 96.3 Å². The zero-order valence-corrected chi connectivity index (χ0v) is 26.5. The maximum Gasteiger partial charge on any atom is 0.0714 e. The lowest BCUT2D eigenvalue weighted by Gasteiger charge is -2.36. The predicted octanol–water partition coefficient (Wildman–Crippen LogP) is 11.1. The summed E-state index contributed by atoms with van der Waals surface area (Å²) >= 11 is 0. The normalized spacial score (nSPS) is 29.3. The molecule has 0 unspecified atom stereocenters. The summed E-state index contributed by atoms with van der Waals surface area (Å²) in [6, 6.07) is 30.2. The minimum atomic E-state index is -0.306. The molecule has 43 heavy (non-hydrogen) atoms. The van der Waals surface area contributed by atoms with Gasteiger partial charge in [-0.15, -0.1) is 0 Å². The van der Waals surface area contributed by atoms with Crippen LogP contribution in [0, 0.1) is 51.4 Å². The third-order valence-corrected chi connectivity index (χ3v) is 12.9. The first kappa shape index (κ1) is 26.3. The average Bonchev–Trinajstić information content (AvgIpc) is 3.82. The molecule has 0 aliphatic heterocycles. The van der Waals surface area contributed by atoms with E-state index >= 15 is 0 Å². The van der Waals surface area contributed by atoms with Gasteiger partial charge >= 0.3 is 0 Å². The van der Waals surface area contributed by atoms with Gasteiger partial charge in [0.15, 0.2) is 0 Å². The Bertz CT molecular complexity index is 1600. The Labute approximate surface area is 259 Å². The molecule has 0 radical (unpaired) electrons. The number of benzene rings is 4. The molecule has 0 aromatic heterocycles. The maximum absolute atomic E-state index is 2.69. The van der Waals surface area contributed by atoms with Crippen molar-refractivity contribution < 1.29 is 0 Å². The van der Waals surface area contributed by atoms with Gasteiger partial charge in [0.2, 0.25) is 0 Å². The second kappa shape index (κ2) is 9.44. The molecule has 0 N–H and O–H groups in total. The fourth-order valence-corrected chi connectivity index (χ4v) is 11.4. The Morgan fingerprint density at radius 3 is 1.16 bits per heavy atom. The Hall–Kier alpha value is -3.12. The van der Waals surface area contributed by atoms with E-state index in [2.05, 4.69) is 100 Å². The van der Waals surface area contributed by atoms with E-state index in [1.165, 1.54) is 107 Å². The van der Waals surface area contributed by atoms with Crippen LogP contribution in [0.1, 0.15) is 119 Å². The highest BCUT2D eigenvalue weighted by atomic mass is 14.5. The van der Waals surface area contributed by atoms with Gasteiger partial charge in [-0.3, -0.25) is 0 Å². The van der Waals surface area contributed by atoms with Crippen LogP contribution in [-0.4, -0.2) is 0 Å². The lowest BCUT2D eigenvalue weighted by atomic mass is 9.65. The Morgan fingerprint density at radius 1 is 0.419 bits per heavy atom. The van der Waals surface area contributed by atoms with Crippen molar-refractivity contribution in [2.24, 2.45) is 23.7 Å². The largest absolute Gasteiger partial charge is 0.0714 e. The standard InChI is InChI=1S/C43H46/c1-25-5-15-37-38-16-6-26(2)22-40(38)43(39(37)21-25,35-19-27(3)17-33(23-35)41-29-7-8-30(41)10-9-29)36-20-28(4)18-34(24-36)42-31-11-12-32(42)14-13-31/h5-6,15-24,29-32,41-42H,7-14H2,1-4H3. The van der Waals surface area contributed by atoms with E-state index < -0.39 is 0 Å². The van der Waals surface area contributed by atoms with Gasteiger partial charge in [-0.2, -0.15) is 0 Å². The number of hydrogen-bond donors (Lipinski definition) is 0. The highest BCUT2D eigenvalue weighted by molar-refractivity contribution is 5.87. The molecule has 0 nitrogen and oxygen atoms in total. The zero-order valence-electron chi connectivity index (χ0n) is 26.5. The van der Waals surface area contributed by atoms with Gasteiger partial charge in [-0.05, 0) is 159 Å². The van der Waals surface area contributed by atoms with Crippen LogP contribution in [0.15, 0.2) is 72.8 Å². The van der Waals surface area contributed by atoms with Crippen molar-refractivity contribution >= 4 is 0 Å². The van der Waals surface area contributed by atoms with Gasteiger partial charge in [-0.1, -0.05) is 95.1 Å². The van der Waals surface area contributed by atoms with Crippen LogP contribution in [0.2, 0.25) is 0 Å². The maximum atomic E-state index is 2.69. The molecule has 4 aromatic carbocycles. The van der Waals surface area contributed by atoms with Crippen LogP contribution in [0.5, 0.6) is 0 Å². The molecule has 0 heteroatoms. The molecule has 0 spiro atoms. The molecular formula is C43H46. The number of fused-ring (bicyclic) bond motifs is 7. The molecule has 0 atom stereocenters. The average molecular weight is 563 g/mol. The summed E-state index contributed by atoms with van der Waals surface area (Å²) in [4.78, 5) is 0. The van der Waals surface area contributed by atoms with Gasteiger partial charge in [0.25, 0.3) is 0 Å². The van der Waals surface area contributed by atoms with Crippen LogP contribution in [0.3, 0.4) is 0 Å². The van der Waals surface area contributed by atoms with Crippen LogP contribution in [0.25, 0.3) is 11.1 Å². The molecule has 5 aliphatic carbocycles. The van der Waals surface area contributed by atoms with Crippen molar-refractivity contribution in [3.63, 3.8) is 0 Å². The van der Waals surface area contributed by atoms with E-state index in [1.54, 1.807) is 11.1 Å². The van der Waals surface area contributed by atoms with Crippen LogP contribution in [0.4, 0.5) is 0 Å². The Kier molecular flexibility index (Phi) is 5.77. The third-order valence-electron chi connectivity index (χ3n) is 12.9. The molecule has 4 aromatic rings. The van der Waals surface area contributed by atoms with Gasteiger partial charge in [0.1, 0.15) is 0 Å². The van der Waals surface area contributed by atoms with E-state index in [0.717, 1.165) is 35.5 Å². The Morgan fingerprint density at radius 2 is 0.791 bits per heavy atom. The minimum absolute atomic E-state index is 0.306. The van der Waals surface area contributed by atoms with E-state index in [0.29, 0.717) is 0 Å². The van der Waals surface area contributed by atoms with Gasteiger partial charge in [0, 0.05) is 0 Å². The summed E-state index contributed by atoms with van der Waals surface area (Å²) in [5.41, 5.74) is 17.3. The van der Waals surface area contributed by atoms with Crippen LogP contribution in [-0.2, 0) is 5.41 Å². The molecule has 4 fully saturated rings. The smallest absolute Gasteiger partial charge is 0.0587 e. The molecule has 218 valence electrons. The fourth-order valence-electron chi connectivity index (χ4n) is 11.4. The molecule has 5 aliphatic rings. The monoisotopic (exact) mass is 562 g/mol. The van der Waals surface area contributed by atoms with Crippen molar-refractivity contribution in [3.8, 4) is 11.1 Å². The molecular weight excluding hydrogens is 516 g/mol. The van der Waals surface area contributed by atoms with Crippen LogP contribution >= 0.6 is 0 Å². The summed E-state index contributed by atoms with van der Waals surface area (Å²) in [6.07, 6.45) is 11.4. The molecule has 4 saturated carbocycles. The third kappa shape index (κ3) is 3.74. The molecule has 4 bridgehead atoms. The van der Waals surface area contributed by atoms with Crippen molar-refractivity contribution in [1.82, 2.24) is 0 Å². The summed E-state index contributed by atoms with van der Waals surface area (Å²) in [6.45, 7) is 9.29. The summed E-state index contributed by atoms with van der Waals surface area (Å²) in [7, 11) is 0. The first-order valence-corrected chi connectivity index (χ1v) is 17.4. The lowest BCUT2D eigenvalue weighted by molar-refractivity contribution is 0.480. The summed E-state index contributed by atoms with van der Waals surface area (Å²) < 4.78 is 0. The quantitative estimate of drug-likeness (QED) is 0.204. The first-order chi connectivity index (χ1) is 20.9. The van der Waals surface area contributed by atoms with Gasteiger partial charge < -0.3 is 0 Å². The summed E-state index contributed by atoms with van der Waals surface area (Å²) in [5.74, 6) is 5.01. The summed E-state index contributed by atoms with van der Waals surface area (Å²) in [5, 5.41) is 0. The first-order valence-electron chi connectivity index (χ1n) is 17.4. The van der Waals surface area contributed by atoms with Crippen molar-refractivity contribution in [1.29, 1.82) is 0 Å².